The van der Waals surface area contributed by atoms with Gasteiger partial charge in [-0.3, -0.25) is 15.0 Å². The predicted molar refractivity (Wildman–Crippen MR) is 182 cm³/mol. The average Bonchev–Trinajstić information content (AvgIpc) is 3.45. The molecule has 5 aromatic carbocycles. The highest BCUT2D eigenvalue weighted by atomic mass is 32.1. The van der Waals surface area contributed by atoms with Crippen molar-refractivity contribution in [3.8, 4) is 33.4 Å². The van der Waals surface area contributed by atoms with E-state index >= 15 is 0 Å². The van der Waals surface area contributed by atoms with Gasteiger partial charge in [-0.15, -0.1) is 11.3 Å². The maximum absolute atomic E-state index is 4.93. The summed E-state index contributed by atoms with van der Waals surface area (Å²) >= 11 is 1.85. The van der Waals surface area contributed by atoms with Crippen molar-refractivity contribution in [2.24, 2.45) is 0 Å². The molecule has 4 heterocycles. The number of para-hydroxylation sites is 1. The van der Waals surface area contributed by atoms with Crippen LogP contribution in [-0.2, 0) is 0 Å². The number of fused-ring (bicyclic) bond motifs is 7. The van der Waals surface area contributed by atoms with E-state index in [9.17, 15) is 0 Å². The topological polar surface area (TPSA) is 38.7 Å². The molecule has 0 aliphatic carbocycles. The van der Waals surface area contributed by atoms with Crippen molar-refractivity contribution in [1.82, 2.24) is 15.0 Å². The number of rotatable bonds is 3. The molecule has 200 valence electrons. The Bertz CT molecular complexity index is 2530. The Labute approximate surface area is 251 Å². The number of hydrogen-bond donors (Lipinski definition) is 0. The molecule has 0 saturated heterocycles. The Morgan fingerprint density at radius 2 is 1.14 bits per heavy atom. The Morgan fingerprint density at radius 3 is 2.14 bits per heavy atom. The summed E-state index contributed by atoms with van der Waals surface area (Å²) in [6.07, 6.45) is 5.80. The quantitative estimate of drug-likeness (QED) is 0.200. The normalized spacial score (nSPS) is 11.7. The third kappa shape index (κ3) is 3.99. The summed E-state index contributed by atoms with van der Waals surface area (Å²) < 4.78 is 2.63. The van der Waals surface area contributed by atoms with Crippen molar-refractivity contribution in [1.29, 1.82) is 0 Å². The van der Waals surface area contributed by atoms with E-state index in [-0.39, 0.29) is 0 Å². The van der Waals surface area contributed by atoms with Crippen LogP contribution < -0.4 is 0 Å². The van der Waals surface area contributed by atoms with Gasteiger partial charge < -0.3 is 0 Å². The van der Waals surface area contributed by atoms with E-state index in [0.717, 1.165) is 55.0 Å². The molecule has 0 bridgehead atoms. The number of pyridine rings is 3. The third-order valence-electron chi connectivity index (χ3n) is 8.36. The lowest BCUT2D eigenvalue weighted by atomic mass is 9.91. The van der Waals surface area contributed by atoms with Gasteiger partial charge in [0.15, 0.2) is 0 Å². The predicted octanol–water partition coefficient (Wildman–Crippen LogP) is 10.7. The average molecular weight is 566 g/mol. The molecule has 43 heavy (non-hydrogen) atoms. The van der Waals surface area contributed by atoms with Gasteiger partial charge in [0.05, 0.1) is 16.6 Å². The highest BCUT2D eigenvalue weighted by molar-refractivity contribution is 7.25. The molecule has 0 unspecified atom stereocenters. The van der Waals surface area contributed by atoms with Gasteiger partial charge in [0.2, 0.25) is 0 Å². The van der Waals surface area contributed by atoms with E-state index in [0.29, 0.717) is 0 Å². The van der Waals surface area contributed by atoms with E-state index in [1.807, 2.05) is 42.1 Å². The fraction of sp³-hybridized carbons (Fsp3) is 0. The molecule has 9 aromatic rings. The second kappa shape index (κ2) is 9.55. The minimum absolute atomic E-state index is 0.920. The molecule has 4 aromatic heterocycles. The van der Waals surface area contributed by atoms with Crippen LogP contribution in [0.5, 0.6) is 0 Å². The highest BCUT2D eigenvalue weighted by Crippen LogP contribution is 2.40. The molecule has 0 aliphatic heterocycles. The standard InChI is InChI=1S/C39H23N3S/c1-3-9-35-27(6-1)18-30(22-41-35)33-20-25(26-14-16-37-34(21-26)32-8-2-4-10-36(32)43-37)13-15-31(33)29-19-28-12-11-24-7-5-17-40-38(24)39(28)42-23-29/h1-23H. The van der Waals surface area contributed by atoms with Gasteiger partial charge in [-0.05, 0) is 70.8 Å². The monoisotopic (exact) mass is 565 g/mol. The first-order valence-corrected chi connectivity index (χ1v) is 15.1. The van der Waals surface area contributed by atoms with E-state index in [1.54, 1.807) is 0 Å². The molecule has 0 atom stereocenters. The van der Waals surface area contributed by atoms with E-state index in [2.05, 4.69) is 114 Å². The van der Waals surface area contributed by atoms with Crippen molar-refractivity contribution >= 4 is 64.2 Å². The summed E-state index contributed by atoms with van der Waals surface area (Å²) in [6.45, 7) is 0. The van der Waals surface area contributed by atoms with E-state index in [4.69, 9.17) is 9.97 Å². The van der Waals surface area contributed by atoms with Gasteiger partial charge in [0, 0.05) is 66.0 Å². The molecular weight excluding hydrogens is 543 g/mol. The summed E-state index contributed by atoms with van der Waals surface area (Å²) in [6, 6.07) is 43.3. The molecule has 4 heteroatoms. The Balaban J connectivity index is 1.25. The van der Waals surface area contributed by atoms with Crippen LogP contribution in [0.4, 0.5) is 0 Å². The van der Waals surface area contributed by atoms with Crippen molar-refractivity contribution in [3.63, 3.8) is 0 Å². The zero-order valence-corrected chi connectivity index (χ0v) is 23.8. The first-order valence-electron chi connectivity index (χ1n) is 14.3. The molecule has 0 aliphatic rings. The van der Waals surface area contributed by atoms with Crippen LogP contribution in [0.2, 0.25) is 0 Å². The first-order chi connectivity index (χ1) is 21.3. The Kier molecular flexibility index (Phi) is 5.37. The minimum atomic E-state index is 0.920. The fourth-order valence-electron chi connectivity index (χ4n) is 6.22. The zero-order chi connectivity index (χ0) is 28.3. The van der Waals surface area contributed by atoms with Crippen LogP contribution >= 0.6 is 11.3 Å². The van der Waals surface area contributed by atoms with Crippen molar-refractivity contribution in [2.75, 3.05) is 0 Å². The number of hydrogen-bond acceptors (Lipinski definition) is 4. The largest absolute Gasteiger partial charge is 0.256 e. The lowest BCUT2D eigenvalue weighted by Crippen LogP contribution is -1.91. The number of benzene rings is 5. The van der Waals surface area contributed by atoms with E-state index < -0.39 is 0 Å². The van der Waals surface area contributed by atoms with Crippen molar-refractivity contribution < 1.29 is 0 Å². The van der Waals surface area contributed by atoms with Crippen LogP contribution in [0.25, 0.3) is 86.3 Å². The van der Waals surface area contributed by atoms with Crippen molar-refractivity contribution in [2.45, 2.75) is 0 Å². The summed E-state index contributed by atoms with van der Waals surface area (Å²) in [5.74, 6) is 0. The summed E-state index contributed by atoms with van der Waals surface area (Å²) in [7, 11) is 0. The molecular formula is C39H23N3S. The fourth-order valence-corrected chi connectivity index (χ4v) is 7.31. The summed E-state index contributed by atoms with van der Waals surface area (Å²) in [5.41, 5.74) is 9.62. The van der Waals surface area contributed by atoms with Gasteiger partial charge in [-0.25, -0.2) is 0 Å². The molecule has 0 N–H and O–H groups in total. The maximum Gasteiger partial charge on any atom is 0.0964 e. The van der Waals surface area contributed by atoms with Crippen LogP contribution in [0, 0.1) is 0 Å². The second-order valence-electron chi connectivity index (χ2n) is 10.9. The Morgan fingerprint density at radius 1 is 0.419 bits per heavy atom. The third-order valence-corrected chi connectivity index (χ3v) is 9.52. The van der Waals surface area contributed by atoms with E-state index in [1.165, 1.54) is 31.3 Å². The van der Waals surface area contributed by atoms with Gasteiger partial charge >= 0.3 is 0 Å². The molecule has 0 amide bonds. The lowest BCUT2D eigenvalue weighted by Gasteiger charge is -2.14. The first kappa shape index (κ1) is 24.2. The van der Waals surface area contributed by atoms with Gasteiger partial charge in [0.25, 0.3) is 0 Å². The minimum Gasteiger partial charge on any atom is -0.256 e. The molecule has 0 saturated carbocycles. The van der Waals surface area contributed by atoms with Gasteiger partial charge in [-0.2, -0.15) is 0 Å². The number of aromatic nitrogens is 3. The molecule has 9 rings (SSSR count). The van der Waals surface area contributed by atoms with Crippen LogP contribution in [-0.4, -0.2) is 15.0 Å². The maximum atomic E-state index is 4.93. The zero-order valence-electron chi connectivity index (χ0n) is 23.0. The lowest BCUT2D eigenvalue weighted by molar-refractivity contribution is 1.37. The Hall–Kier alpha value is -5.45. The van der Waals surface area contributed by atoms with Crippen LogP contribution in [0.3, 0.4) is 0 Å². The smallest absolute Gasteiger partial charge is 0.0964 e. The molecule has 3 nitrogen and oxygen atoms in total. The van der Waals surface area contributed by atoms with Gasteiger partial charge in [0.1, 0.15) is 0 Å². The van der Waals surface area contributed by atoms with Crippen LogP contribution in [0.1, 0.15) is 0 Å². The molecule has 0 fully saturated rings. The molecule has 0 spiro atoms. The number of nitrogens with zero attached hydrogens (tertiary/aromatic N) is 3. The number of thiophene rings is 1. The second-order valence-corrected chi connectivity index (χ2v) is 12.0. The molecule has 0 radical (unpaired) electrons. The van der Waals surface area contributed by atoms with Crippen LogP contribution in [0.15, 0.2) is 140 Å². The SMILES string of the molecule is c1ccc2ncc(-c3cc(-c4ccc5sc6ccccc6c5c4)ccc3-c3cnc4c(ccc5cccnc54)c3)cc2c1. The highest BCUT2D eigenvalue weighted by Gasteiger charge is 2.14. The summed E-state index contributed by atoms with van der Waals surface area (Å²) in [4.78, 5) is 14.4. The van der Waals surface area contributed by atoms with Gasteiger partial charge in [-0.1, -0.05) is 72.8 Å². The summed E-state index contributed by atoms with van der Waals surface area (Å²) in [5, 5.41) is 5.90. The van der Waals surface area contributed by atoms with Crippen molar-refractivity contribution in [3.05, 3.63) is 140 Å².